The number of furan rings is 1. The minimum atomic E-state index is -0.878. The quantitative estimate of drug-likeness (QED) is 0.809. The van der Waals surface area contributed by atoms with Crippen molar-refractivity contribution in [2.45, 2.75) is 19.3 Å². The van der Waals surface area contributed by atoms with Gasteiger partial charge >= 0.3 is 5.97 Å². The number of carbonyl (C=O) groups excluding carboxylic acids is 1. The molecule has 4 nitrogen and oxygen atoms in total. The molecule has 2 aromatic rings. The molecule has 0 bridgehead atoms. The summed E-state index contributed by atoms with van der Waals surface area (Å²) in [6.45, 7) is 0. The molecule has 0 aliphatic rings. The molecule has 1 aromatic carbocycles. The highest BCUT2D eigenvalue weighted by molar-refractivity contribution is 5.96. The largest absolute Gasteiger partial charge is 0.481 e. The van der Waals surface area contributed by atoms with Gasteiger partial charge < -0.3 is 9.52 Å². The number of hydrogen-bond donors (Lipinski definition) is 1. The van der Waals surface area contributed by atoms with Gasteiger partial charge in [0, 0.05) is 18.4 Å². The predicted molar refractivity (Wildman–Crippen MR) is 69.1 cm³/mol. The molecule has 0 spiro atoms. The summed E-state index contributed by atoms with van der Waals surface area (Å²) < 4.78 is 5.17. The molecule has 4 heteroatoms. The number of aryl methyl sites for hydroxylation is 1. The maximum Gasteiger partial charge on any atom is 0.307 e. The third kappa shape index (κ3) is 3.81. The fourth-order valence-corrected chi connectivity index (χ4v) is 1.82. The SMILES string of the molecule is O=C(O)Cc1ccc(C(=O)CCc2ccco2)cc1. The molecule has 0 aliphatic heterocycles. The molecule has 0 atom stereocenters. The van der Waals surface area contributed by atoms with Crippen LogP contribution in [0.15, 0.2) is 47.1 Å². The molecule has 2 rings (SSSR count). The molecule has 19 heavy (non-hydrogen) atoms. The van der Waals surface area contributed by atoms with Gasteiger partial charge in [-0.3, -0.25) is 9.59 Å². The molecule has 0 amide bonds. The van der Waals surface area contributed by atoms with Crippen molar-refractivity contribution in [2.24, 2.45) is 0 Å². The van der Waals surface area contributed by atoms with E-state index in [9.17, 15) is 9.59 Å². The molecule has 1 aromatic heterocycles. The second kappa shape index (κ2) is 6.00. The smallest absolute Gasteiger partial charge is 0.307 e. The minimum Gasteiger partial charge on any atom is -0.481 e. The number of carboxylic acid groups (broad SMARTS) is 1. The lowest BCUT2D eigenvalue weighted by molar-refractivity contribution is -0.136. The van der Waals surface area contributed by atoms with Gasteiger partial charge in [0.05, 0.1) is 12.7 Å². The summed E-state index contributed by atoms with van der Waals surface area (Å²) in [4.78, 5) is 22.5. The molecule has 0 saturated heterocycles. The zero-order valence-corrected chi connectivity index (χ0v) is 10.3. The Kier molecular flexibility index (Phi) is 4.13. The van der Waals surface area contributed by atoms with E-state index in [0.29, 0.717) is 24.0 Å². The maximum atomic E-state index is 11.9. The van der Waals surface area contributed by atoms with E-state index < -0.39 is 5.97 Å². The Morgan fingerprint density at radius 1 is 1.11 bits per heavy atom. The first-order valence-electron chi connectivity index (χ1n) is 6.01. The second-order valence-corrected chi connectivity index (χ2v) is 4.27. The molecular formula is C15H14O4. The summed E-state index contributed by atoms with van der Waals surface area (Å²) in [7, 11) is 0. The van der Waals surface area contributed by atoms with Crippen LogP contribution in [0.2, 0.25) is 0 Å². The average molecular weight is 258 g/mol. The van der Waals surface area contributed by atoms with Gasteiger partial charge in [0.2, 0.25) is 0 Å². The molecule has 0 unspecified atom stereocenters. The van der Waals surface area contributed by atoms with Crippen molar-refractivity contribution < 1.29 is 19.1 Å². The fourth-order valence-electron chi connectivity index (χ4n) is 1.82. The number of rotatable bonds is 6. The van der Waals surface area contributed by atoms with Gasteiger partial charge in [-0.2, -0.15) is 0 Å². The number of hydrogen-bond acceptors (Lipinski definition) is 3. The van der Waals surface area contributed by atoms with E-state index >= 15 is 0 Å². The van der Waals surface area contributed by atoms with E-state index in [4.69, 9.17) is 9.52 Å². The highest BCUT2D eigenvalue weighted by Crippen LogP contribution is 2.11. The molecule has 1 heterocycles. The molecular weight excluding hydrogens is 244 g/mol. The number of Topliss-reactive ketones (excluding diaryl/α,β-unsaturated/α-hetero) is 1. The number of carbonyl (C=O) groups is 2. The van der Waals surface area contributed by atoms with Gasteiger partial charge in [0.15, 0.2) is 5.78 Å². The highest BCUT2D eigenvalue weighted by Gasteiger charge is 2.08. The van der Waals surface area contributed by atoms with Gasteiger partial charge in [-0.1, -0.05) is 24.3 Å². The first kappa shape index (κ1) is 13.1. The van der Waals surface area contributed by atoms with Crippen LogP contribution < -0.4 is 0 Å². The van der Waals surface area contributed by atoms with Gasteiger partial charge in [-0.15, -0.1) is 0 Å². The van der Waals surface area contributed by atoms with Crippen molar-refractivity contribution in [3.05, 3.63) is 59.5 Å². The van der Waals surface area contributed by atoms with E-state index in [1.807, 2.05) is 6.07 Å². The summed E-state index contributed by atoms with van der Waals surface area (Å²) in [5.74, 6) is -0.0639. The van der Waals surface area contributed by atoms with Crippen molar-refractivity contribution in [3.8, 4) is 0 Å². The van der Waals surface area contributed by atoms with Crippen molar-refractivity contribution >= 4 is 11.8 Å². The van der Waals surface area contributed by atoms with Crippen molar-refractivity contribution in [2.75, 3.05) is 0 Å². The van der Waals surface area contributed by atoms with Crippen LogP contribution >= 0.6 is 0 Å². The van der Waals surface area contributed by atoms with Crippen molar-refractivity contribution in [1.82, 2.24) is 0 Å². The van der Waals surface area contributed by atoms with E-state index in [2.05, 4.69) is 0 Å². The number of ketones is 1. The molecule has 1 N–H and O–H groups in total. The molecule has 0 radical (unpaired) electrons. The highest BCUT2D eigenvalue weighted by atomic mass is 16.4. The van der Waals surface area contributed by atoms with Crippen LogP contribution in [-0.4, -0.2) is 16.9 Å². The molecule has 0 saturated carbocycles. The second-order valence-electron chi connectivity index (χ2n) is 4.27. The van der Waals surface area contributed by atoms with Crippen LogP contribution in [0.25, 0.3) is 0 Å². The van der Waals surface area contributed by atoms with Crippen molar-refractivity contribution in [3.63, 3.8) is 0 Å². The maximum absolute atomic E-state index is 11.9. The molecule has 0 aliphatic carbocycles. The lowest BCUT2D eigenvalue weighted by atomic mass is 10.0. The Labute approximate surface area is 110 Å². The number of benzene rings is 1. The van der Waals surface area contributed by atoms with E-state index in [0.717, 1.165) is 5.76 Å². The normalized spacial score (nSPS) is 10.3. The van der Waals surface area contributed by atoms with Crippen LogP contribution in [0.1, 0.15) is 28.1 Å². The van der Waals surface area contributed by atoms with E-state index in [1.165, 1.54) is 0 Å². The monoisotopic (exact) mass is 258 g/mol. The lowest BCUT2D eigenvalue weighted by Crippen LogP contribution is -2.03. The average Bonchev–Trinajstić information content (AvgIpc) is 2.89. The summed E-state index contributed by atoms with van der Waals surface area (Å²) in [5, 5.41) is 8.66. The Balaban J connectivity index is 1.93. The molecule has 0 fully saturated rings. The minimum absolute atomic E-state index is 0.0262. The van der Waals surface area contributed by atoms with Crippen LogP contribution in [0.5, 0.6) is 0 Å². The Hall–Kier alpha value is -2.36. The van der Waals surface area contributed by atoms with Gasteiger partial charge in [-0.05, 0) is 17.7 Å². The number of aliphatic carboxylic acids is 1. The predicted octanol–water partition coefficient (Wildman–Crippen LogP) is 2.72. The van der Waals surface area contributed by atoms with Crippen LogP contribution in [0.4, 0.5) is 0 Å². The van der Waals surface area contributed by atoms with Gasteiger partial charge in [0.1, 0.15) is 5.76 Å². The fraction of sp³-hybridized carbons (Fsp3) is 0.200. The summed E-state index contributed by atoms with van der Waals surface area (Å²) in [5.41, 5.74) is 1.29. The van der Waals surface area contributed by atoms with Gasteiger partial charge in [-0.25, -0.2) is 0 Å². The Morgan fingerprint density at radius 2 is 1.84 bits per heavy atom. The number of carboxylic acids is 1. The first-order valence-corrected chi connectivity index (χ1v) is 6.01. The van der Waals surface area contributed by atoms with E-state index in [-0.39, 0.29) is 12.2 Å². The standard InChI is InChI=1S/C15H14O4/c16-14(8-7-13-2-1-9-19-13)12-5-3-11(4-6-12)10-15(17)18/h1-6,9H,7-8,10H2,(H,17,18). The van der Waals surface area contributed by atoms with Gasteiger partial charge in [0.25, 0.3) is 0 Å². The summed E-state index contributed by atoms with van der Waals surface area (Å²) in [6, 6.07) is 10.3. The van der Waals surface area contributed by atoms with Crippen LogP contribution in [-0.2, 0) is 17.6 Å². The Bertz CT molecular complexity index is 552. The Morgan fingerprint density at radius 3 is 2.42 bits per heavy atom. The van der Waals surface area contributed by atoms with Crippen LogP contribution in [0, 0.1) is 0 Å². The van der Waals surface area contributed by atoms with Crippen molar-refractivity contribution in [1.29, 1.82) is 0 Å². The molecule has 98 valence electrons. The summed E-state index contributed by atoms with van der Waals surface area (Å²) >= 11 is 0. The topological polar surface area (TPSA) is 67.5 Å². The third-order valence-electron chi connectivity index (χ3n) is 2.81. The van der Waals surface area contributed by atoms with Crippen LogP contribution in [0.3, 0.4) is 0 Å². The zero-order chi connectivity index (χ0) is 13.7. The summed E-state index contributed by atoms with van der Waals surface area (Å²) in [6.07, 6.45) is 2.51. The zero-order valence-electron chi connectivity index (χ0n) is 10.3. The van der Waals surface area contributed by atoms with E-state index in [1.54, 1.807) is 36.6 Å². The third-order valence-corrected chi connectivity index (χ3v) is 2.81. The lowest BCUT2D eigenvalue weighted by Gasteiger charge is -2.02. The first-order chi connectivity index (χ1) is 9.15.